The largest absolute Gasteiger partial charge is 0.361 e. The molecule has 9 nitrogen and oxygen atoms in total. The molecule has 0 spiro atoms. The molecule has 0 atom stereocenters. The molecular formula is C15H25IN8O. The van der Waals surface area contributed by atoms with Crippen LogP contribution >= 0.6 is 24.0 Å². The molecule has 0 aromatic carbocycles. The summed E-state index contributed by atoms with van der Waals surface area (Å²) < 4.78 is 6.89. The number of nitrogens with one attached hydrogen (secondary N) is 1. The molecule has 2 aromatic heterocycles. The van der Waals surface area contributed by atoms with Gasteiger partial charge in [-0.15, -0.1) is 24.0 Å². The number of piperazine rings is 1. The molecule has 2 aromatic rings. The second kappa shape index (κ2) is 9.13. The summed E-state index contributed by atoms with van der Waals surface area (Å²) in [7, 11) is 3.70. The summed E-state index contributed by atoms with van der Waals surface area (Å²) in [5.41, 5.74) is 0.991. The number of hydrogen-bond acceptors (Lipinski definition) is 6. The Labute approximate surface area is 164 Å². The van der Waals surface area contributed by atoms with Crippen LogP contribution in [0.2, 0.25) is 0 Å². The lowest BCUT2D eigenvalue weighted by molar-refractivity contribution is 0.169. The first kappa shape index (κ1) is 19.6. The van der Waals surface area contributed by atoms with Gasteiger partial charge in [0.25, 0.3) is 0 Å². The monoisotopic (exact) mass is 460 g/mol. The molecule has 1 fully saturated rings. The quantitative estimate of drug-likeness (QED) is 0.407. The SMILES string of the molecule is CN=C(NCc1ncnn1C)N1CCN(Cc2cc(C)on2)CC1.I. The van der Waals surface area contributed by atoms with E-state index in [-0.39, 0.29) is 24.0 Å². The number of halogens is 1. The Morgan fingerprint density at radius 2 is 2.08 bits per heavy atom. The summed E-state index contributed by atoms with van der Waals surface area (Å²) in [5, 5.41) is 11.5. The topological polar surface area (TPSA) is 87.6 Å². The van der Waals surface area contributed by atoms with Gasteiger partial charge >= 0.3 is 0 Å². The molecule has 1 aliphatic heterocycles. The van der Waals surface area contributed by atoms with Gasteiger partial charge in [-0.25, -0.2) is 4.98 Å². The predicted molar refractivity (Wildman–Crippen MR) is 105 cm³/mol. The van der Waals surface area contributed by atoms with Crippen LogP contribution in [0.3, 0.4) is 0 Å². The third kappa shape index (κ3) is 5.14. The number of guanidine groups is 1. The van der Waals surface area contributed by atoms with Gasteiger partial charge in [0.05, 0.1) is 12.2 Å². The summed E-state index contributed by atoms with van der Waals surface area (Å²) in [5.74, 6) is 2.64. The Hall–Kier alpha value is -1.69. The molecule has 138 valence electrons. The van der Waals surface area contributed by atoms with Crippen molar-refractivity contribution in [3.8, 4) is 0 Å². The van der Waals surface area contributed by atoms with E-state index >= 15 is 0 Å². The highest BCUT2D eigenvalue weighted by Gasteiger charge is 2.20. The van der Waals surface area contributed by atoms with Crippen molar-refractivity contribution in [2.24, 2.45) is 12.0 Å². The first-order valence-corrected chi connectivity index (χ1v) is 8.08. The fourth-order valence-corrected chi connectivity index (χ4v) is 2.81. The molecule has 0 saturated carbocycles. The molecule has 0 bridgehead atoms. The van der Waals surface area contributed by atoms with Gasteiger partial charge < -0.3 is 14.7 Å². The fraction of sp³-hybridized carbons (Fsp3) is 0.600. The first-order valence-electron chi connectivity index (χ1n) is 8.08. The van der Waals surface area contributed by atoms with Crippen molar-refractivity contribution in [3.05, 3.63) is 29.7 Å². The van der Waals surface area contributed by atoms with Gasteiger partial charge in [-0.3, -0.25) is 14.6 Å². The summed E-state index contributed by atoms with van der Waals surface area (Å²) in [4.78, 5) is 13.2. The van der Waals surface area contributed by atoms with Crippen LogP contribution in [0.5, 0.6) is 0 Å². The molecule has 1 saturated heterocycles. The van der Waals surface area contributed by atoms with E-state index in [2.05, 4.69) is 35.3 Å². The highest BCUT2D eigenvalue weighted by Crippen LogP contribution is 2.09. The van der Waals surface area contributed by atoms with Crippen LogP contribution in [0.4, 0.5) is 0 Å². The van der Waals surface area contributed by atoms with Crippen LogP contribution in [0.25, 0.3) is 0 Å². The van der Waals surface area contributed by atoms with Crippen molar-refractivity contribution in [2.45, 2.75) is 20.0 Å². The molecule has 3 heterocycles. The Morgan fingerprint density at radius 1 is 1.32 bits per heavy atom. The molecule has 1 N–H and O–H groups in total. The van der Waals surface area contributed by atoms with Crippen molar-refractivity contribution in [2.75, 3.05) is 33.2 Å². The van der Waals surface area contributed by atoms with Crippen LogP contribution in [-0.4, -0.2) is 68.9 Å². The smallest absolute Gasteiger partial charge is 0.194 e. The van der Waals surface area contributed by atoms with Crippen LogP contribution in [0, 0.1) is 6.92 Å². The number of aliphatic imine (C=N–C) groups is 1. The maximum Gasteiger partial charge on any atom is 0.194 e. The third-order valence-electron chi connectivity index (χ3n) is 4.16. The van der Waals surface area contributed by atoms with Gasteiger partial charge in [0, 0.05) is 52.9 Å². The molecule has 10 heteroatoms. The maximum atomic E-state index is 5.13. The molecule has 0 radical (unpaired) electrons. The molecule has 0 amide bonds. The van der Waals surface area contributed by atoms with E-state index in [1.165, 1.54) is 0 Å². The summed E-state index contributed by atoms with van der Waals surface area (Å²) >= 11 is 0. The van der Waals surface area contributed by atoms with Crippen LogP contribution in [0.15, 0.2) is 21.9 Å². The molecule has 0 unspecified atom stereocenters. The number of rotatable bonds is 4. The number of hydrogen-bond donors (Lipinski definition) is 1. The minimum absolute atomic E-state index is 0. The zero-order valence-corrected chi connectivity index (χ0v) is 17.2. The molecular weight excluding hydrogens is 435 g/mol. The Balaban J connectivity index is 0.00000225. The highest BCUT2D eigenvalue weighted by atomic mass is 127. The molecule has 0 aliphatic carbocycles. The van der Waals surface area contributed by atoms with E-state index in [9.17, 15) is 0 Å². The van der Waals surface area contributed by atoms with E-state index in [1.54, 1.807) is 11.0 Å². The van der Waals surface area contributed by atoms with Gasteiger partial charge in [-0.05, 0) is 6.92 Å². The van der Waals surface area contributed by atoms with Gasteiger partial charge in [-0.1, -0.05) is 5.16 Å². The fourth-order valence-electron chi connectivity index (χ4n) is 2.81. The van der Waals surface area contributed by atoms with Crippen molar-refractivity contribution in [3.63, 3.8) is 0 Å². The van der Waals surface area contributed by atoms with E-state index in [0.29, 0.717) is 6.54 Å². The second-order valence-electron chi connectivity index (χ2n) is 5.89. The van der Waals surface area contributed by atoms with Gasteiger partial charge in [0.15, 0.2) is 5.96 Å². The zero-order chi connectivity index (χ0) is 16.9. The Bertz CT molecular complexity index is 689. The van der Waals surface area contributed by atoms with Crippen LogP contribution in [-0.2, 0) is 20.1 Å². The Morgan fingerprint density at radius 3 is 2.64 bits per heavy atom. The van der Waals surface area contributed by atoms with Crippen molar-refractivity contribution in [1.29, 1.82) is 0 Å². The standard InChI is InChI=1S/C15H24N8O.HI/c1-12-8-13(20-24-12)10-22-4-6-23(7-5-22)15(16-2)17-9-14-18-11-19-21(14)3;/h8,11H,4-7,9-10H2,1-3H3,(H,16,17);1H. The average Bonchev–Trinajstić information content (AvgIpc) is 3.18. The summed E-state index contributed by atoms with van der Waals surface area (Å²) in [6.07, 6.45) is 1.56. The molecule has 3 rings (SSSR count). The summed E-state index contributed by atoms with van der Waals surface area (Å²) in [6, 6.07) is 1.99. The lowest BCUT2D eigenvalue weighted by Crippen LogP contribution is -2.52. The lowest BCUT2D eigenvalue weighted by atomic mass is 10.3. The van der Waals surface area contributed by atoms with Crippen LogP contribution in [0.1, 0.15) is 17.3 Å². The van der Waals surface area contributed by atoms with Gasteiger partial charge in [0.1, 0.15) is 17.9 Å². The molecule has 25 heavy (non-hydrogen) atoms. The van der Waals surface area contributed by atoms with Crippen molar-refractivity contribution < 1.29 is 4.52 Å². The Kier molecular flexibility index (Phi) is 7.17. The number of aryl methyl sites for hydroxylation is 2. The third-order valence-corrected chi connectivity index (χ3v) is 4.16. The first-order chi connectivity index (χ1) is 11.7. The number of aromatic nitrogens is 4. The second-order valence-corrected chi connectivity index (χ2v) is 5.89. The predicted octanol–water partition coefficient (Wildman–Crippen LogP) is 0.623. The maximum absolute atomic E-state index is 5.13. The van der Waals surface area contributed by atoms with Crippen molar-refractivity contribution in [1.82, 2.24) is 35.0 Å². The average molecular weight is 460 g/mol. The van der Waals surface area contributed by atoms with Gasteiger partial charge in [-0.2, -0.15) is 5.10 Å². The highest BCUT2D eigenvalue weighted by molar-refractivity contribution is 14.0. The van der Waals surface area contributed by atoms with E-state index in [1.807, 2.05) is 27.1 Å². The summed E-state index contributed by atoms with van der Waals surface area (Å²) in [6.45, 7) is 7.15. The zero-order valence-electron chi connectivity index (χ0n) is 14.8. The van der Waals surface area contributed by atoms with Crippen LogP contribution < -0.4 is 5.32 Å². The van der Waals surface area contributed by atoms with E-state index in [0.717, 1.165) is 56.0 Å². The van der Waals surface area contributed by atoms with E-state index in [4.69, 9.17) is 4.52 Å². The normalized spacial score (nSPS) is 16.0. The van der Waals surface area contributed by atoms with Gasteiger partial charge in [0.2, 0.25) is 0 Å². The van der Waals surface area contributed by atoms with Crippen molar-refractivity contribution >= 4 is 29.9 Å². The van der Waals surface area contributed by atoms with E-state index < -0.39 is 0 Å². The number of nitrogens with zero attached hydrogens (tertiary/aromatic N) is 7. The minimum atomic E-state index is 0. The molecule has 1 aliphatic rings. The lowest BCUT2D eigenvalue weighted by Gasteiger charge is -2.36. The minimum Gasteiger partial charge on any atom is -0.361 e.